The molecule has 0 amide bonds. The first-order valence-corrected chi connectivity index (χ1v) is 9.84. The Labute approximate surface area is 144 Å². The van der Waals surface area contributed by atoms with Crippen LogP contribution in [0.25, 0.3) is 0 Å². The van der Waals surface area contributed by atoms with E-state index in [1.165, 1.54) is 24.2 Å². The molecule has 1 heterocycles. The molecule has 2 N–H and O–H groups in total. The van der Waals surface area contributed by atoms with Crippen LogP contribution in [0, 0.1) is 5.92 Å². The van der Waals surface area contributed by atoms with Gasteiger partial charge in [0.15, 0.2) is 5.96 Å². The van der Waals surface area contributed by atoms with Gasteiger partial charge in [0.1, 0.15) is 0 Å². The van der Waals surface area contributed by atoms with Crippen molar-refractivity contribution in [3.8, 4) is 0 Å². The number of nitrogens with one attached hydrogen (secondary N) is 2. The minimum atomic E-state index is 0.198. The monoisotopic (exact) mass is 335 g/mol. The molecule has 1 aliphatic rings. The van der Waals surface area contributed by atoms with Gasteiger partial charge in [-0.05, 0) is 36.8 Å². The molecule has 1 fully saturated rings. The Kier molecular flexibility index (Phi) is 8.32. The van der Waals surface area contributed by atoms with Gasteiger partial charge in [-0.3, -0.25) is 4.99 Å². The summed E-state index contributed by atoms with van der Waals surface area (Å²) in [5.74, 6) is 2.62. The summed E-state index contributed by atoms with van der Waals surface area (Å²) in [7, 11) is 1.83. The van der Waals surface area contributed by atoms with Crippen molar-refractivity contribution in [2.45, 2.75) is 25.4 Å². The van der Waals surface area contributed by atoms with Crippen LogP contribution in [0.1, 0.15) is 30.9 Å². The maximum atomic E-state index is 5.94. The first-order valence-electron chi connectivity index (χ1n) is 8.45. The highest BCUT2D eigenvalue weighted by Crippen LogP contribution is 2.33. The minimum absolute atomic E-state index is 0.198. The van der Waals surface area contributed by atoms with E-state index in [1.807, 2.05) is 18.8 Å². The Bertz CT molecular complexity index is 467. The van der Waals surface area contributed by atoms with Crippen molar-refractivity contribution in [1.82, 2.24) is 10.6 Å². The Morgan fingerprint density at radius 1 is 1.26 bits per heavy atom. The van der Waals surface area contributed by atoms with Crippen LogP contribution in [-0.4, -0.2) is 44.7 Å². The Balaban J connectivity index is 1.75. The molecule has 128 valence electrons. The number of benzene rings is 1. The summed E-state index contributed by atoms with van der Waals surface area (Å²) in [6, 6.07) is 10.5. The number of aliphatic imine (C=N–C) groups is 1. The minimum Gasteiger partial charge on any atom is -0.373 e. The van der Waals surface area contributed by atoms with Gasteiger partial charge in [-0.1, -0.05) is 30.3 Å². The molecule has 1 aromatic carbocycles. The molecule has 0 bridgehead atoms. The van der Waals surface area contributed by atoms with Gasteiger partial charge in [0.25, 0.3) is 0 Å². The number of hydrogen-bond acceptors (Lipinski definition) is 3. The molecule has 4 nitrogen and oxygen atoms in total. The highest BCUT2D eigenvalue weighted by Gasteiger charge is 2.29. The van der Waals surface area contributed by atoms with Crippen molar-refractivity contribution >= 4 is 17.7 Å². The number of unbranched alkanes of at least 4 members (excludes halogenated alkanes) is 1. The zero-order chi connectivity index (χ0) is 16.3. The normalized spacial score (nSPS) is 21.4. The van der Waals surface area contributed by atoms with E-state index in [4.69, 9.17) is 4.74 Å². The Hall–Kier alpha value is -1.20. The number of nitrogens with zero attached hydrogens (tertiary/aromatic N) is 1. The van der Waals surface area contributed by atoms with Gasteiger partial charge < -0.3 is 15.4 Å². The number of hydrogen-bond donors (Lipinski definition) is 2. The van der Waals surface area contributed by atoms with E-state index in [9.17, 15) is 0 Å². The predicted octanol–water partition coefficient (Wildman–Crippen LogP) is 3.07. The zero-order valence-electron chi connectivity index (χ0n) is 14.3. The van der Waals surface area contributed by atoms with Crippen molar-refractivity contribution in [2.75, 3.05) is 38.8 Å². The van der Waals surface area contributed by atoms with Crippen LogP contribution >= 0.6 is 11.8 Å². The predicted molar refractivity (Wildman–Crippen MR) is 100 cm³/mol. The second-order valence-electron chi connectivity index (χ2n) is 5.83. The summed E-state index contributed by atoms with van der Waals surface area (Å²) in [5.41, 5.74) is 1.27. The first-order chi connectivity index (χ1) is 11.3. The second-order valence-corrected chi connectivity index (χ2v) is 6.82. The van der Waals surface area contributed by atoms with E-state index in [2.05, 4.69) is 52.2 Å². The fourth-order valence-corrected chi connectivity index (χ4v) is 3.37. The fraction of sp³-hybridized carbons (Fsp3) is 0.611. The van der Waals surface area contributed by atoms with E-state index >= 15 is 0 Å². The van der Waals surface area contributed by atoms with Crippen LogP contribution in [0.5, 0.6) is 0 Å². The molecule has 0 spiro atoms. The van der Waals surface area contributed by atoms with Crippen LogP contribution in [0.2, 0.25) is 0 Å². The van der Waals surface area contributed by atoms with Crippen LogP contribution in [0.4, 0.5) is 0 Å². The number of guanidine groups is 1. The van der Waals surface area contributed by atoms with E-state index in [1.54, 1.807) is 0 Å². The van der Waals surface area contributed by atoms with E-state index in [0.717, 1.165) is 32.1 Å². The molecule has 2 rings (SSSR count). The van der Waals surface area contributed by atoms with Crippen molar-refractivity contribution < 1.29 is 4.74 Å². The maximum absolute atomic E-state index is 5.94. The molecular formula is C18H29N3OS. The van der Waals surface area contributed by atoms with Gasteiger partial charge in [0.05, 0.1) is 6.10 Å². The molecule has 1 saturated heterocycles. The van der Waals surface area contributed by atoms with Crippen LogP contribution < -0.4 is 10.6 Å². The lowest BCUT2D eigenvalue weighted by Gasteiger charge is -2.20. The maximum Gasteiger partial charge on any atom is 0.190 e. The van der Waals surface area contributed by atoms with Crippen LogP contribution in [-0.2, 0) is 4.74 Å². The summed E-state index contributed by atoms with van der Waals surface area (Å²) in [5, 5.41) is 6.85. The zero-order valence-corrected chi connectivity index (χ0v) is 15.1. The lowest BCUT2D eigenvalue weighted by Crippen LogP contribution is -2.40. The summed E-state index contributed by atoms with van der Waals surface area (Å²) in [6.07, 6.45) is 5.87. The van der Waals surface area contributed by atoms with Gasteiger partial charge in [-0.2, -0.15) is 11.8 Å². The summed E-state index contributed by atoms with van der Waals surface area (Å²) in [6.45, 7) is 2.71. The first kappa shape index (κ1) is 18.1. The molecule has 0 aromatic heterocycles. The van der Waals surface area contributed by atoms with Gasteiger partial charge in [0.2, 0.25) is 0 Å². The highest BCUT2D eigenvalue weighted by atomic mass is 32.2. The van der Waals surface area contributed by atoms with Crippen LogP contribution in [0.3, 0.4) is 0 Å². The average Bonchev–Trinajstić information content (AvgIpc) is 3.07. The van der Waals surface area contributed by atoms with Crippen molar-refractivity contribution in [1.29, 1.82) is 0 Å². The Morgan fingerprint density at radius 3 is 2.83 bits per heavy atom. The fourth-order valence-electron chi connectivity index (χ4n) is 2.88. The molecule has 23 heavy (non-hydrogen) atoms. The van der Waals surface area contributed by atoms with Gasteiger partial charge in [-0.15, -0.1) is 0 Å². The smallest absolute Gasteiger partial charge is 0.190 e. The number of rotatable bonds is 8. The topological polar surface area (TPSA) is 45.7 Å². The van der Waals surface area contributed by atoms with Gasteiger partial charge >= 0.3 is 0 Å². The van der Waals surface area contributed by atoms with Gasteiger partial charge in [0, 0.05) is 32.7 Å². The molecule has 0 saturated carbocycles. The standard InChI is InChI=1S/C18H29N3OS/c1-19-18(20-11-6-7-13-23-2)21-14-16-10-12-22-17(16)15-8-4-3-5-9-15/h3-5,8-9,16-17H,6-7,10-14H2,1-2H3,(H2,19,20,21). The van der Waals surface area contributed by atoms with Gasteiger partial charge in [-0.25, -0.2) is 0 Å². The summed E-state index contributed by atoms with van der Waals surface area (Å²) in [4.78, 5) is 4.31. The van der Waals surface area contributed by atoms with Crippen molar-refractivity contribution in [3.05, 3.63) is 35.9 Å². The highest BCUT2D eigenvalue weighted by molar-refractivity contribution is 7.98. The molecular weight excluding hydrogens is 306 g/mol. The third-order valence-corrected chi connectivity index (χ3v) is 4.86. The largest absolute Gasteiger partial charge is 0.373 e. The lowest BCUT2D eigenvalue weighted by molar-refractivity contribution is 0.0915. The lowest BCUT2D eigenvalue weighted by atomic mass is 9.95. The Morgan fingerprint density at radius 2 is 2.09 bits per heavy atom. The van der Waals surface area contributed by atoms with Crippen molar-refractivity contribution in [3.63, 3.8) is 0 Å². The molecule has 2 unspecified atom stereocenters. The molecule has 2 atom stereocenters. The van der Waals surface area contributed by atoms with E-state index in [-0.39, 0.29) is 6.10 Å². The molecule has 0 radical (unpaired) electrons. The molecule has 1 aliphatic heterocycles. The third kappa shape index (κ3) is 6.07. The quantitative estimate of drug-likeness (QED) is 0.435. The van der Waals surface area contributed by atoms with E-state index < -0.39 is 0 Å². The third-order valence-electron chi connectivity index (χ3n) is 4.17. The molecule has 1 aromatic rings. The average molecular weight is 336 g/mol. The van der Waals surface area contributed by atoms with Crippen LogP contribution in [0.15, 0.2) is 35.3 Å². The molecule has 0 aliphatic carbocycles. The second kappa shape index (κ2) is 10.6. The SMILES string of the molecule is CN=C(NCCCCSC)NCC1CCOC1c1ccccc1. The molecule has 5 heteroatoms. The summed E-state index contributed by atoms with van der Waals surface area (Å²) >= 11 is 1.90. The number of thioether (sulfide) groups is 1. The summed E-state index contributed by atoms with van der Waals surface area (Å²) < 4.78 is 5.94. The number of ether oxygens (including phenoxy) is 1. The van der Waals surface area contributed by atoms with E-state index in [0.29, 0.717) is 5.92 Å². The van der Waals surface area contributed by atoms with Crippen molar-refractivity contribution in [2.24, 2.45) is 10.9 Å².